The minimum absolute atomic E-state index is 0.0527. The molecule has 0 radical (unpaired) electrons. The van der Waals surface area contributed by atoms with Gasteiger partial charge in [0.05, 0.1) is 25.8 Å². The number of hydrogen-bond acceptors (Lipinski definition) is 4. The van der Waals surface area contributed by atoms with E-state index in [0.717, 1.165) is 0 Å². The summed E-state index contributed by atoms with van der Waals surface area (Å²) >= 11 is 6.08. The molecule has 0 atom stereocenters. The van der Waals surface area contributed by atoms with E-state index < -0.39 is 0 Å². The molecule has 2 amide bonds. The minimum Gasteiger partial charge on any atom is -0.493 e. The number of rotatable bonds is 6. The van der Waals surface area contributed by atoms with Crippen molar-refractivity contribution in [1.29, 1.82) is 0 Å². The highest BCUT2D eigenvalue weighted by molar-refractivity contribution is 6.32. The molecule has 0 unspecified atom stereocenters. The number of likely N-dealkylation sites (N-methyl/N-ethyl adjacent to an activating group) is 1. The van der Waals surface area contributed by atoms with Gasteiger partial charge in [0.2, 0.25) is 11.8 Å². The summed E-state index contributed by atoms with van der Waals surface area (Å²) in [5, 5.41) is 2.87. The number of benzene rings is 1. The van der Waals surface area contributed by atoms with E-state index in [9.17, 15) is 9.59 Å². The van der Waals surface area contributed by atoms with Crippen LogP contribution < -0.4 is 14.8 Å². The SMILES string of the molecule is COc1cc(/C=C/C(=O)NCC(=O)N(C)C)cc(Cl)c1OC. The van der Waals surface area contributed by atoms with Crippen LogP contribution in [0.1, 0.15) is 5.56 Å². The van der Waals surface area contributed by atoms with Crippen LogP contribution >= 0.6 is 11.6 Å². The predicted molar refractivity (Wildman–Crippen MR) is 85.3 cm³/mol. The fourth-order valence-electron chi connectivity index (χ4n) is 1.59. The Kier molecular flexibility index (Phi) is 6.72. The molecule has 1 rings (SSSR count). The van der Waals surface area contributed by atoms with Gasteiger partial charge in [-0.1, -0.05) is 11.6 Å². The lowest BCUT2D eigenvalue weighted by Gasteiger charge is -2.10. The van der Waals surface area contributed by atoms with Crippen molar-refractivity contribution in [2.75, 3.05) is 34.9 Å². The summed E-state index contributed by atoms with van der Waals surface area (Å²) in [6, 6.07) is 3.34. The molecule has 1 aromatic rings. The summed E-state index contributed by atoms with van der Waals surface area (Å²) in [4.78, 5) is 24.4. The van der Waals surface area contributed by atoms with E-state index in [-0.39, 0.29) is 18.4 Å². The first-order valence-electron chi connectivity index (χ1n) is 6.46. The zero-order chi connectivity index (χ0) is 16.7. The van der Waals surface area contributed by atoms with E-state index in [1.807, 2.05) is 0 Å². The Morgan fingerprint density at radius 2 is 1.95 bits per heavy atom. The molecular formula is C15H19ClN2O4. The molecule has 0 saturated heterocycles. The lowest BCUT2D eigenvalue weighted by atomic mass is 10.2. The standard InChI is InChI=1S/C15H19ClN2O4/c1-18(2)14(20)9-17-13(19)6-5-10-7-11(16)15(22-4)12(8-10)21-3/h5-8H,9H2,1-4H3,(H,17,19)/b6-5+. The van der Waals surface area contributed by atoms with Crippen molar-refractivity contribution >= 4 is 29.5 Å². The summed E-state index contributed by atoms with van der Waals surface area (Å²) in [5.74, 6) is 0.345. The maximum absolute atomic E-state index is 11.6. The number of nitrogens with zero attached hydrogens (tertiary/aromatic N) is 1. The third kappa shape index (κ3) is 4.96. The Morgan fingerprint density at radius 1 is 1.27 bits per heavy atom. The molecule has 0 aliphatic carbocycles. The first-order valence-corrected chi connectivity index (χ1v) is 6.84. The van der Waals surface area contributed by atoms with Crippen LogP contribution in [0.4, 0.5) is 0 Å². The van der Waals surface area contributed by atoms with Gasteiger partial charge in [-0.05, 0) is 23.8 Å². The third-order valence-electron chi connectivity index (χ3n) is 2.80. The van der Waals surface area contributed by atoms with Gasteiger partial charge in [-0.15, -0.1) is 0 Å². The van der Waals surface area contributed by atoms with E-state index in [4.69, 9.17) is 21.1 Å². The molecule has 0 fully saturated rings. The summed E-state index contributed by atoms with van der Waals surface area (Å²) in [7, 11) is 6.24. The molecular weight excluding hydrogens is 308 g/mol. The first-order chi connectivity index (χ1) is 10.4. The Labute approximate surface area is 134 Å². The maximum atomic E-state index is 11.6. The number of nitrogens with one attached hydrogen (secondary N) is 1. The van der Waals surface area contributed by atoms with Crippen LogP contribution in [-0.4, -0.2) is 51.6 Å². The smallest absolute Gasteiger partial charge is 0.244 e. The van der Waals surface area contributed by atoms with Gasteiger partial charge in [0, 0.05) is 20.2 Å². The number of carbonyl (C=O) groups is 2. The minimum atomic E-state index is -0.374. The lowest BCUT2D eigenvalue weighted by molar-refractivity contribution is -0.129. The van der Waals surface area contributed by atoms with Crippen LogP contribution in [0.2, 0.25) is 5.02 Å². The van der Waals surface area contributed by atoms with E-state index >= 15 is 0 Å². The highest BCUT2D eigenvalue weighted by Crippen LogP contribution is 2.36. The van der Waals surface area contributed by atoms with Gasteiger partial charge in [0.15, 0.2) is 11.5 Å². The zero-order valence-electron chi connectivity index (χ0n) is 13.0. The van der Waals surface area contributed by atoms with Gasteiger partial charge in [0.25, 0.3) is 0 Å². The van der Waals surface area contributed by atoms with E-state index in [2.05, 4.69) is 5.32 Å². The van der Waals surface area contributed by atoms with Crippen molar-refractivity contribution in [3.8, 4) is 11.5 Å². The van der Waals surface area contributed by atoms with Gasteiger partial charge in [0.1, 0.15) is 0 Å². The monoisotopic (exact) mass is 326 g/mol. The van der Waals surface area contributed by atoms with Crippen molar-refractivity contribution in [2.24, 2.45) is 0 Å². The van der Waals surface area contributed by atoms with Crippen molar-refractivity contribution in [1.82, 2.24) is 10.2 Å². The van der Waals surface area contributed by atoms with Crippen molar-refractivity contribution in [2.45, 2.75) is 0 Å². The molecule has 6 nitrogen and oxygen atoms in total. The molecule has 0 heterocycles. The second-order valence-electron chi connectivity index (χ2n) is 4.58. The fourth-order valence-corrected chi connectivity index (χ4v) is 1.88. The Bertz CT molecular complexity index is 585. The van der Waals surface area contributed by atoms with Crippen molar-refractivity contribution < 1.29 is 19.1 Å². The fraction of sp³-hybridized carbons (Fsp3) is 0.333. The number of amides is 2. The number of halogens is 1. The second kappa shape index (κ2) is 8.29. The van der Waals surface area contributed by atoms with Crippen molar-refractivity contribution in [3.05, 3.63) is 28.8 Å². The molecule has 7 heteroatoms. The Hall–Kier alpha value is -2.21. The number of methoxy groups -OCH3 is 2. The van der Waals surface area contributed by atoms with E-state index in [1.165, 1.54) is 25.2 Å². The van der Waals surface area contributed by atoms with Gasteiger partial charge in [-0.3, -0.25) is 9.59 Å². The van der Waals surface area contributed by atoms with Crippen LogP contribution in [0, 0.1) is 0 Å². The van der Waals surface area contributed by atoms with Crippen LogP contribution in [0.15, 0.2) is 18.2 Å². The van der Waals surface area contributed by atoms with Gasteiger partial charge >= 0.3 is 0 Å². The summed E-state index contributed by atoms with van der Waals surface area (Å²) in [6.45, 7) is -0.0527. The maximum Gasteiger partial charge on any atom is 0.244 e. The number of carbonyl (C=O) groups excluding carboxylic acids is 2. The first kappa shape index (κ1) is 17.8. The molecule has 0 aliphatic rings. The molecule has 0 saturated carbocycles. The predicted octanol–water partition coefficient (Wildman–Crippen LogP) is 1.57. The van der Waals surface area contributed by atoms with Gasteiger partial charge in [-0.25, -0.2) is 0 Å². The molecule has 0 aliphatic heterocycles. The molecule has 0 spiro atoms. The van der Waals surface area contributed by atoms with Gasteiger partial charge in [-0.2, -0.15) is 0 Å². The molecule has 0 bridgehead atoms. The van der Waals surface area contributed by atoms with Crippen LogP contribution in [0.25, 0.3) is 6.08 Å². The summed E-state index contributed by atoms with van der Waals surface area (Å²) < 4.78 is 10.3. The van der Waals surface area contributed by atoms with E-state index in [0.29, 0.717) is 22.1 Å². The van der Waals surface area contributed by atoms with Gasteiger partial charge < -0.3 is 19.7 Å². The Morgan fingerprint density at radius 3 is 2.50 bits per heavy atom. The lowest BCUT2D eigenvalue weighted by Crippen LogP contribution is -2.35. The Balaban J connectivity index is 2.76. The topological polar surface area (TPSA) is 67.9 Å². The number of hydrogen-bond donors (Lipinski definition) is 1. The highest BCUT2D eigenvalue weighted by atomic mass is 35.5. The number of ether oxygens (including phenoxy) is 2. The zero-order valence-corrected chi connectivity index (χ0v) is 13.7. The highest BCUT2D eigenvalue weighted by Gasteiger charge is 2.10. The largest absolute Gasteiger partial charge is 0.493 e. The quantitative estimate of drug-likeness (QED) is 0.806. The van der Waals surface area contributed by atoms with Crippen molar-refractivity contribution in [3.63, 3.8) is 0 Å². The average molecular weight is 327 g/mol. The molecule has 1 N–H and O–H groups in total. The molecule has 120 valence electrons. The van der Waals surface area contributed by atoms with E-state index in [1.54, 1.807) is 32.3 Å². The molecule has 1 aromatic carbocycles. The second-order valence-corrected chi connectivity index (χ2v) is 4.98. The van der Waals surface area contributed by atoms with Crippen LogP contribution in [0.3, 0.4) is 0 Å². The van der Waals surface area contributed by atoms with Crippen LogP contribution in [-0.2, 0) is 9.59 Å². The average Bonchev–Trinajstić information content (AvgIpc) is 2.49. The summed E-state index contributed by atoms with van der Waals surface area (Å²) in [5.41, 5.74) is 0.678. The third-order valence-corrected chi connectivity index (χ3v) is 3.08. The molecule has 0 aromatic heterocycles. The van der Waals surface area contributed by atoms with Crippen LogP contribution in [0.5, 0.6) is 11.5 Å². The normalized spacial score (nSPS) is 10.4. The summed E-state index contributed by atoms with van der Waals surface area (Å²) in [6.07, 6.45) is 2.89. The molecule has 22 heavy (non-hydrogen) atoms.